The minimum atomic E-state index is -3.74. The van der Waals surface area contributed by atoms with E-state index in [0.717, 1.165) is 0 Å². The molecule has 2 N–H and O–H groups in total. The molecular formula is C11H14ClN3O3S. The molecule has 1 saturated heterocycles. The summed E-state index contributed by atoms with van der Waals surface area (Å²) in [6.45, 7) is 1.97. The molecule has 2 rings (SSSR count). The lowest BCUT2D eigenvalue weighted by molar-refractivity contribution is -0.126. The molecular weight excluding hydrogens is 290 g/mol. The quantitative estimate of drug-likeness (QED) is 0.886. The van der Waals surface area contributed by atoms with Crippen LogP contribution < -0.4 is 5.73 Å². The second-order valence-corrected chi connectivity index (χ2v) is 7.13. The highest BCUT2D eigenvalue weighted by atomic mass is 35.5. The van der Waals surface area contributed by atoms with Crippen molar-refractivity contribution >= 4 is 27.5 Å². The van der Waals surface area contributed by atoms with Crippen molar-refractivity contribution in [3.63, 3.8) is 0 Å². The van der Waals surface area contributed by atoms with Crippen LogP contribution in [0.3, 0.4) is 0 Å². The highest BCUT2D eigenvalue weighted by Gasteiger charge is 2.44. The van der Waals surface area contributed by atoms with Gasteiger partial charge in [-0.3, -0.25) is 9.78 Å². The number of primary amides is 1. The topological polar surface area (TPSA) is 93.4 Å². The molecule has 1 aromatic rings. The molecule has 0 aliphatic carbocycles. The van der Waals surface area contributed by atoms with Gasteiger partial charge in [-0.2, -0.15) is 4.31 Å². The van der Waals surface area contributed by atoms with Gasteiger partial charge in [-0.1, -0.05) is 11.6 Å². The summed E-state index contributed by atoms with van der Waals surface area (Å²) < 4.78 is 26.1. The van der Waals surface area contributed by atoms with Gasteiger partial charge in [0.1, 0.15) is 4.90 Å². The van der Waals surface area contributed by atoms with E-state index < -0.39 is 21.3 Å². The van der Waals surface area contributed by atoms with Crippen molar-refractivity contribution in [2.75, 3.05) is 13.1 Å². The minimum absolute atomic E-state index is 0.0506. The first-order valence-corrected chi connectivity index (χ1v) is 7.49. The van der Waals surface area contributed by atoms with Gasteiger partial charge in [0.05, 0.1) is 10.4 Å². The van der Waals surface area contributed by atoms with Crippen molar-refractivity contribution in [1.29, 1.82) is 0 Å². The number of halogens is 1. The Morgan fingerprint density at radius 1 is 1.58 bits per heavy atom. The molecule has 0 saturated carbocycles. The molecule has 0 spiro atoms. The standard InChI is InChI=1S/C11H14ClN3O3S/c1-11(10(13)16)3-5-15(7-11)19(17,18)9-6-14-4-2-8(9)12/h2,4,6H,3,5,7H2,1H3,(H2,13,16). The summed E-state index contributed by atoms with van der Waals surface area (Å²) in [7, 11) is -3.74. The van der Waals surface area contributed by atoms with Gasteiger partial charge < -0.3 is 5.73 Å². The van der Waals surface area contributed by atoms with Crippen LogP contribution in [-0.4, -0.2) is 36.7 Å². The number of hydrogen-bond donors (Lipinski definition) is 1. The van der Waals surface area contributed by atoms with Crippen molar-refractivity contribution < 1.29 is 13.2 Å². The average molecular weight is 304 g/mol. The van der Waals surface area contributed by atoms with Crippen LogP contribution in [0, 0.1) is 5.41 Å². The molecule has 104 valence electrons. The normalized spacial score (nSPS) is 24.5. The molecule has 8 heteroatoms. The lowest BCUT2D eigenvalue weighted by Crippen LogP contribution is -2.38. The maximum Gasteiger partial charge on any atom is 0.246 e. The van der Waals surface area contributed by atoms with E-state index in [0.29, 0.717) is 6.42 Å². The Bertz CT molecular complexity index is 619. The van der Waals surface area contributed by atoms with E-state index >= 15 is 0 Å². The Kier molecular flexibility index (Phi) is 3.55. The van der Waals surface area contributed by atoms with Crippen LogP contribution in [0.5, 0.6) is 0 Å². The molecule has 1 unspecified atom stereocenters. The number of nitrogens with zero attached hydrogens (tertiary/aromatic N) is 2. The van der Waals surface area contributed by atoms with Crippen molar-refractivity contribution in [3.05, 3.63) is 23.5 Å². The lowest BCUT2D eigenvalue weighted by atomic mass is 9.89. The maximum atomic E-state index is 12.4. The number of hydrogen-bond acceptors (Lipinski definition) is 4. The lowest BCUT2D eigenvalue weighted by Gasteiger charge is -2.21. The first kappa shape index (κ1) is 14.2. The molecule has 1 aliphatic heterocycles. The fourth-order valence-corrected chi connectivity index (χ4v) is 3.99. The second-order valence-electron chi connectivity index (χ2n) is 4.82. The zero-order chi connectivity index (χ0) is 14.3. The third-order valence-electron chi connectivity index (χ3n) is 3.39. The van der Waals surface area contributed by atoms with Crippen molar-refractivity contribution in [3.8, 4) is 0 Å². The second kappa shape index (κ2) is 4.73. The Morgan fingerprint density at radius 3 is 2.79 bits per heavy atom. The molecule has 1 aromatic heterocycles. The molecule has 1 amide bonds. The van der Waals surface area contributed by atoms with E-state index in [1.165, 1.54) is 22.8 Å². The van der Waals surface area contributed by atoms with Gasteiger partial charge >= 0.3 is 0 Å². The summed E-state index contributed by atoms with van der Waals surface area (Å²) in [4.78, 5) is 15.1. The molecule has 0 aromatic carbocycles. The van der Waals surface area contributed by atoms with Crippen LogP contribution >= 0.6 is 11.6 Å². The monoisotopic (exact) mass is 303 g/mol. The molecule has 1 fully saturated rings. The molecule has 6 nitrogen and oxygen atoms in total. The predicted molar refractivity (Wildman–Crippen MR) is 69.9 cm³/mol. The summed E-state index contributed by atoms with van der Waals surface area (Å²) in [6.07, 6.45) is 3.02. The Labute approximate surface area is 116 Å². The summed E-state index contributed by atoms with van der Waals surface area (Å²) in [6, 6.07) is 1.41. The predicted octanol–water partition coefficient (Wildman–Crippen LogP) is 0.621. The summed E-state index contributed by atoms with van der Waals surface area (Å²) in [5.41, 5.74) is 4.48. The third-order valence-corrected chi connectivity index (χ3v) is 5.70. The van der Waals surface area contributed by atoms with Gasteiger partial charge in [0, 0.05) is 25.5 Å². The fraction of sp³-hybridized carbons (Fsp3) is 0.455. The largest absolute Gasteiger partial charge is 0.369 e. The number of carbonyl (C=O) groups is 1. The fourth-order valence-electron chi connectivity index (χ4n) is 2.02. The molecule has 2 heterocycles. The van der Waals surface area contributed by atoms with Crippen LogP contribution in [0.1, 0.15) is 13.3 Å². The SMILES string of the molecule is CC1(C(N)=O)CCN(S(=O)(=O)c2cnccc2Cl)C1. The van der Waals surface area contributed by atoms with E-state index in [2.05, 4.69) is 4.98 Å². The Morgan fingerprint density at radius 2 is 2.26 bits per heavy atom. The van der Waals surface area contributed by atoms with Gasteiger partial charge in [-0.15, -0.1) is 0 Å². The summed E-state index contributed by atoms with van der Waals surface area (Å²) >= 11 is 5.88. The van der Waals surface area contributed by atoms with E-state index in [1.807, 2.05) is 0 Å². The number of carbonyl (C=O) groups excluding carboxylic acids is 1. The number of rotatable bonds is 3. The molecule has 19 heavy (non-hydrogen) atoms. The number of amides is 1. The van der Waals surface area contributed by atoms with Gasteiger partial charge in [0.15, 0.2) is 0 Å². The highest BCUT2D eigenvalue weighted by Crippen LogP contribution is 2.34. The minimum Gasteiger partial charge on any atom is -0.369 e. The van der Waals surface area contributed by atoms with Gasteiger partial charge in [-0.25, -0.2) is 8.42 Å². The van der Waals surface area contributed by atoms with E-state index in [9.17, 15) is 13.2 Å². The number of nitrogens with two attached hydrogens (primary N) is 1. The highest BCUT2D eigenvalue weighted by molar-refractivity contribution is 7.89. The Balaban J connectivity index is 2.34. The molecule has 1 aliphatic rings. The first-order chi connectivity index (χ1) is 8.77. The third kappa shape index (κ3) is 2.45. The van der Waals surface area contributed by atoms with Gasteiger partial charge in [0.2, 0.25) is 15.9 Å². The van der Waals surface area contributed by atoms with Crippen LogP contribution in [-0.2, 0) is 14.8 Å². The molecule has 0 radical (unpaired) electrons. The van der Waals surface area contributed by atoms with E-state index in [4.69, 9.17) is 17.3 Å². The van der Waals surface area contributed by atoms with E-state index in [1.54, 1.807) is 6.92 Å². The van der Waals surface area contributed by atoms with Gasteiger partial charge in [0.25, 0.3) is 0 Å². The van der Waals surface area contributed by atoms with Crippen molar-refractivity contribution in [1.82, 2.24) is 9.29 Å². The Hall–Kier alpha value is -1.18. The maximum absolute atomic E-state index is 12.4. The first-order valence-electron chi connectivity index (χ1n) is 5.67. The summed E-state index contributed by atoms with van der Waals surface area (Å²) in [5, 5.41) is 0.114. The summed E-state index contributed by atoms with van der Waals surface area (Å²) in [5.74, 6) is -0.498. The molecule has 1 atom stereocenters. The number of aromatic nitrogens is 1. The molecule has 0 bridgehead atoms. The van der Waals surface area contributed by atoms with Crippen molar-refractivity contribution in [2.45, 2.75) is 18.2 Å². The zero-order valence-corrected chi connectivity index (χ0v) is 11.9. The van der Waals surface area contributed by atoms with Crippen LogP contribution in [0.4, 0.5) is 0 Å². The van der Waals surface area contributed by atoms with E-state index in [-0.39, 0.29) is 23.0 Å². The number of sulfonamides is 1. The van der Waals surface area contributed by atoms with Crippen LogP contribution in [0.2, 0.25) is 5.02 Å². The average Bonchev–Trinajstić information content (AvgIpc) is 2.74. The van der Waals surface area contributed by atoms with Gasteiger partial charge in [-0.05, 0) is 19.4 Å². The van der Waals surface area contributed by atoms with Crippen LogP contribution in [0.15, 0.2) is 23.4 Å². The smallest absolute Gasteiger partial charge is 0.246 e. The zero-order valence-electron chi connectivity index (χ0n) is 10.3. The van der Waals surface area contributed by atoms with Crippen LogP contribution in [0.25, 0.3) is 0 Å². The number of pyridine rings is 1. The van der Waals surface area contributed by atoms with Crippen molar-refractivity contribution in [2.24, 2.45) is 11.1 Å².